The first-order valence-corrected chi connectivity index (χ1v) is 12.7. The first-order chi connectivity index (χ1) is 17.8. The fraction of sp³-hybridized carbons (Fsp3) is 0.0323. The quantitative estimate of drug-likeness (QED) is 0.241. The van der Waals surface area contributed by atoms with Crippen LogP contribution in [0.4, 0.5) is 17.1 Å². The molecule has 0 spiro atoms. The number of para-hydroxylation sites is 3. The van der Waals surface area contributed by atoms with Gasteiger partial charge in [-0.25, -0.2) is 4.98 Å². The Hall–Kier alpha value is -4.44. The van der Waals surface area contributed by atoms with Gasteiger partial charge in [0.15, 0.2) is 7.05 Å². The second kappa shape index (κ2) is 8.35. The fourth-order valence-corrected chi connectivity index (χ4v) is 5.87. The van der Waals surface area contributed by atoms with Crippen molar-refractivity contribution in [1.29, 1.82) is 0 Å². The molecule has 0 saturated carbocycles. The number of rotatable bonds is 4. The number of hydrogen-bond acceptors (Lipinski definition) is 2. The normalized spacial score (nSPS) is 12.6. The first kappa shape index (κ1) is 20.9. The fourth-order valence-electron chi connectivity index (χ4n) is 4.96. The van der Waals surface area contributed by atoms with E-state index in [1.807, 2.05) is 30.0 Å². The monoisotopic (exact) mass is 482 g/mol. The van der Waals surface area contributed by atoms with Crippen molar-refractivity contribution < 1.29 is 4.58 Å². The molecule has 1 aliphatic heterocycles. The van der Waals surface area contributed by atoms with Crippen molar-refractivity contribution in [3.05, 3.63) is 115 Å². The first-order valence-electron chi connectivity index (χ1n) is 11.9. The molecular weight excluding hydrogens is 460 g/mol. The Balaban J connectivity index is 1.30. The van der Waals surface area contributed by atoms with Gasteiger partial charge >= 0.3 is 6.01 Å². The number of hydrogen-bond donors (Lipinski definition) is 0. The van der Waals surface area contributed by atoms with Crippen LogP contribution in [0, 0.1) is 0 Å². The maximum atomic E-state index is 4.62. The summed E-state index contributed by atoms with van der Waals surface area (Å²) in [7, 11) is 2.04. The van der Waals surface area contributed by atoms with E-state index >= 15 is 0 Å². The summed E-state index contributed by atoms with van der Waals surface area (Å²) in [5, 5.41) is 2.46. The zero-order valence-electron chi connectivity index (χ0n) is 19.7. The SMILES string of the molecule is C[N+]1=C=[N+](c2cccc(Sc3ccc4c(c3)c3ccccc3n4-c3ccccn3)c2)c2ccccc21. The van der Waals surface area contributed by atoms with Crippen LogP contribution in [-0.2, 0) is 0 Å². The summed E-state index contributed by atoms with van der Waals surface area (Å²) in [6.45, 7) is 0. The molecule has 170 valence electrons. The van der Waals surface area contributed by atoms with Crippen molar-refractivity contribution in [3.8, 4) is 5.82 Å². The van der Waals surface area contributed by atoms with Crippen molar-refractivity contribution in [2.45, 2.75) is 9.79 Å². The molecule has 0 aliphatic carbocycles. The summed E-state index contributed by atoms with van der Waals surface area (Å²) >= 11 is 1.78. The molecule has 5 heteroatoms. The van der Waals surface area contributed by atoms with Gasteiger partial charge in [0, 0.05) is 51.0 Å². The smallest absolute Gasteiger partial charge is 0.294 e. The molecule has 3 heterocycles. The van der Waals surface area contributed by atoms with Crippen molar-refractivity contribution in [1.82, 2.24) is 14.1 Å². The number of benzene rings is 4. The molecule has 4 nitrogen and oxygen atoms in total. The van der Waals surface area contributed by atoms with E-state index in [1.54, 1.807) is 11.8 Å². The summed E-state index contributed by atoms with van der Waals surface area (Å²) in [6.07, 6.45) is 1.85. The molecule has 36 heavy (non-hydrogen) atoms. The van der Waals surface area contributed by atoms with Gasteiger partial charge in [-0.3, -0.25) is 4.57 Å². The summed E-state index contributed by atoms with van der Waals surface area (Å²) < 4.78 is 6.41. The van der Waals surface area contributed by atoms with Gasteiger partial charge < -0.3 is 0 Å². The molecule has 0 atom stereocenters. The summed E-state index contributed by atoms with van der Waals surface area (Å²) in [5.41, 5.74) is 5.73. The van der Waals surface area contributed by atoms with E-state index in [4.69, 9.17) is 0 Å². The average molecular weight is 483 g/mol. The van der Waals surface area contributed by atoms with Crippen molar-refractivity contribution in [3.63, 3.8) is 0 Å². The van der Waals surface area contributed by atoms with Crippen LogP contribution in [0.15, 0.2) is 125 Å². The van der Waals surface area contributed by atoms with Crippen LogP contribution in [0.2, 0.25) is 0 Å². The Labute approximate surface area is 213 Å². The summed E-state index contributed by atoms with van der Waals surface area (Å²) in [4.78, 5) is 7.02. The minimum atomic E-state index is 0.931. The van der Waals surface area contributed by atoms with Crippen molar-refractivity contribution in [2.75, 3.05) is 7.05 Å². The molecule has 0 N–H and O–H groups in total. The molecule has 0 bridgehead atoms. The molecule has 2 aromatic heterocycles. The van der Waals surface area contributed by atoms with Gasteiger partial charge in [-0.15, -0.1) is 0 Å². The van der Waals surface area contributed by atoms with Crippen LogP contribution in [0.5, 0.6) is 0 Å². The van der Waals surface area contributed by atoms with E-state index in [0.29, 0.717) is 0 Å². The van der Waals surface area contributed by atoms with E-state index < -0.39 is 0 Å². The predicted octanol–water partition coefficient (Wildman–Crippen LogP) is 7.63. The molecule has 0 radical (unpaired) electrons. The number of pyridine rings is 1. The molecule has 1 aliphatic rings. The Morgan fingerprint density at radius 1 is 0.694 bits per heavy atom. The highest BCUT2D eigenvalue weighted by molar-refractivity contribution is 7.99. The van der Waals surface area contributed by atoms with Gasteiger partial charge in [-0.05, 0) is 47.0 Å². The minimum absolute atomic E-state index is 0.931. The van der Waals surface area contributed by atoms with Gasteiger partial charge in [0.2, 0.25) is 5.69 Å². The van der Waals surface area contributed by atoms with Gasteiger partial charge in [0.05, 0.1) is 11.0 Å². The summed E-state index contributed by atoms with van der Waals surface area (Å²) in [5.74, 6) is 0.931. The number of nitrogens with zero attached hydrogens (tertiary/aromatic N) is 4. The number of aromatic nitrogens is 2. The maximum absolute atomic E-state index is 4.62. The highest BCUT2D eigenvalue weighted by Crippen LogP contribution is 2.38. The van der Waals surface area contributed by atoms with Crippen molar-refractivity contribution >= 4 is 56.6 Å². The third-order valence-corrected chi connectivity index (χ3v) is 7.55. The maximum Gasteiger partial charge on any atom is 0.496 e. The predicted molar refractivity (Wildman–Crippen MR) is 148 cm³/mol. The lowest BCUT2D eigenvalue weighted by molar-refractivity contribution is -0.394. The third-order valence-electron chi connectivity index (χ3n) is 6.57. The van der Waals surface area contributed by atoms with Gasteiger partial charge in [-0.2, -0.15) is 0 Å². The zero-order chi connectivity index (χ0) is 24.1. The Kier molecular flexibility index (Phi) is 4.84. The van der Waals surface area contributed by atoms with Gasteiger partial charge in [0.25, 0.3) is 11.4 Å². The topological polar surface area (TPSA) is 23.8 Å². The molecule has 6 aromatic rings. The van der Waals surface area contributed by atoms with E-state index in [9.17, 15) is 0 Å². The lowest BCUT2D eigenvalue weighted by atomic mass is 10.1. The molecule has 0 fully saturated rings. The van der Waals surface area contributed by atoms with Crippen LogP contribution < -0.4 is 4.58 Å². The van der Waals surface area contributed by atoms with E-state index in [1.165, 1.54) is 26.1 Å². The minimum Gasteiger partial charge on any atom is -0.294 e. The molecule has 7 rings (SSSR count). The molecular formula is C31H22N4S+2. The Morgan fingerprint density at radius 3 is 2.36 bits per heavy atom. The number of fused-ring (bicyclic) bond motifs is 4. The highest BCUT2D eigenvalue weighted by atomic mass is 32.2. The molecule has 0 unspecified atom stereocenters. The summed E-state index contributed by atoms with van der Waals surface area (Å²) in [6, 6.07) is 41.8. The second-order valence-corrected chi connectivity index (χ2v) is 9.95. The van der Waals surface area contributed by atoms with Gasteiger partial charge in [-0.1, -0.05) is 58.8 Å². The Morgan fingerprint density at radius 2 is 1.47 bits per heavy atom. The van der Waals surface area contributed by atoms with Crippen LogP contribution in [-0.4, -0.2) is 27.2 Å². The third kappa shape index (κ3) is 3.37. The van der Waals surface area contributed by atoms with E-state index in [-0.39, 0.29) is 0 Å². The van der Waals surface area contributed by atoms with Crippen LogP contribution in [0.25, 0.3) is 27.6 Å². The largest absolute Gasteiger partial charge is 0.496 e. The zero-order valence-corrected chi connectivity index (χ0v) is 20.5. The van der Waals surface area contributed by atoms with E-state index in [0.717, 1.165) is 28.4 Å². The van der Waals surface area contributed by atoms with Crippen LogP contribution >= 0.6 is 11.8 Å². The van der Waals surface area contributed by atoms with Crippen LogP contribution in [0.1, 0.15) is 0 Å². The second-order valence-electron chi connectivity index (χ2n) is 8.80. The lowest BCUT2D eigenvalue weighted by Crippen LogP contribution is -1.99. The highest BCUT2D eigenvalue weighted by Gasteiger charge is 2.32. The standard InChI is InChI=1S/C31H22N4S/c1-33-21-34(30-14-5-4-13-29(30)33)22-9-8-10-23(19-22)36-24-16-17-28-26(20-24)25-11-2-3-12-27(25)35(28)31-15-6-7-18-32-31/h2-20H,1H3/q+2. The molecule has 0 saturated heterocycles. The lowest BCUT2D eigenvalue weighted by Gasteiger charge is -2.07. The molecule has 0 amide bonds. The van der Waals surface area contributed by atoms with Crippen LogP contribution in [0.3, 0.4) is 0 Å². The molecule has 4 aromatic carbocycles. The van der Waals surface area contributed by atoms with Crippen molar-refractivity contribution in [2.24, 2.45) is 0 Å². The van der Waals surface area contributed by atoms with E-state index in [2.05, 4.69) is 117 Å². The van der Waals surface area contributed by atoms with Gasteiger partial charge in [0.1, 0.15) is 5.82 Å². The Bertz CT molecular complexity index is 1860. The average Bonchev–Trinajstić information content (AvgIpc) is 3.44.